The van der Waals surface area contributed by atoms with Gasteiger partial charge in [-0.1, -0.05) is 54.6 Å². The second-order valence-electron chi connectivity index (χ2n) is 8.35. The fraction of sp³-hybridized carbons (Fsp3) is 0.185. The van der Waals surface area contributed by atoms with Crippen LogP contribution in [0.15, 0.2) is 85.2 Å². The molecular formula is C27H21F3N2O2. The van der Waals surface area contributed by atoms with Crippen LogP contribution in [0.5, 0.6) is 5.75 Å². The molecule has 7 heteroatoms. The van der Waals surface area contributed by atoms with Crippen molar-refractivity contribution >= 4 is 16.7 Å². The lowest BCUT2D eigenvalue weighted by atomic mass is 9.96. The van der Waals surface area contributed by atoms with E-state index in [4.69, 9.17) is 0 Å². The molecule has 172 valence electrons. The Labute approximate surface area is 194 Å². The molecule has 3 aromatic carbocycles. The van der Waals surface area contributed by atoms with E-state index in [0.717, 1.165) is 28.3 Å². The van der Waals surface area contributed by atoms with Crippen LogP contribution in [0.25, 0.3) is 21.9 Å². The monoisotopic (exact) mass is 462 g/mol. The summed E-state index contributed by atoms with van der Waals surface area (Å²) in [6, 6.07) is 21.4. The lowest BCUT2D eigenvalue weighted by molar-refractivity contribution is -0.274. The summed E-state index contributed by atoms with van der Waals surface area (Å²) >= 11 is 0. The van der Waals surface area contributed by atoms with Crippen LogP contribution in [-0.4, -0.2) is 17.3 Å². The van der Waals surface area contributed by atoms with E-state index in [1.165, 1.54) is 23.8 Å². The number of aromatic nitrogens is 1. The first-order chi connectivity index (χ1) is 16.4. The molecule has 5 rings (SSSR count). The average molecular weight is 462 g/mol. The van der Waals surface area contributed by atoms with Gasteiger partial charge in [0.1, 0.15) is 5.75 Å². The average Bonchev–Trinajstić information content (AvgIpc) is 3.63. The highest BCUT2D eigenvalue weighted by atomic mass is 19.4. The maximum atomic E-state index is 12.7. The number of amides is 1. The van der Waals surface area contributed by atoms with E-state index in [2.05, 4.69) is 15.0 Å². The number of halogens is 3. The first-order valence-electron chi connectivity index (χ1n) is 10.9. The molecule has 1 aliphatic carbocycles. The maximum absolute atomic E-state index is 12.7. The van der Waals surface area contributed by atoms with Gasteiger partial charge >= 0.3 is 6.36 Å². The van der Waals surface area contributed by atoms with Crippen molar-refractivity contribution < 1.29 is 22.7 Å². The number of alkyl halides is 3. The second-order valence-corrected chi connectivity index (χ2v) is 8.35. The van der Waals surface area contributed by atoms with Gasteiger partial charge in [0.15, 0.2) is 0 Å². The second kappa shape index (κ2) is 8.82. The van der Waals surface area contributed by atoms with Crippen LogP contribution in [0, 0.1) is 5.92 Å². The lowest BCUT2D eigenvalue weighted by Gasteiger charge is -2.14. The van der Waals surface area contributed by atoms with Crippen LogP contribution >= 0.6 is 0 Å². The fourth-order valence-electron chi connectivity index (χ4n) is 4.38. The molecule has 1 amide bonds. The number of carbonyl (C=O) groups excluding carboxylic acids is 1. The van der Waals surface area contributed by atoms with Crippen molar-refractivity contribution in [1.82, 2.24) is 10.3 Å². The Morgan fingerprint density at radius 2 is 1.82 bits per heavy atom. The van der Waals surface area contributed by atoms with Gasteiger partial charge in [-0.2, -0.15) is 0 Å². The molecule has 0 spiro atoms. The Morgan fingerprint density at radius 1 is 1.00 bits per heavy atom. The third kappa shape index (κ3) is 4.73. The van der Waals surface area contributed by atoms with Crippen LogP contribution < -0.4 is 10.1 Å². The normalized spacial score (nSPS) is 17.4. The molecule has 34 heavy (non-hydrogen) atoms. The van der Waals surface area contributed by atoms with E-state index in [9.17, 15) is 18.0 Å². The number of pyridine rings is 1. The lowest BCUT2D eigenvalue weighted by Crippen LogP contribution is -2.25. The zero-order chi connectivity index (χ0) is 23.7. The summed E-state index contributed by atoms with van der Waals surface area (Å²) in [4.78, 5) is 16.9. The minimum atomic E-state index is -4.76. The van der Waals surface area contributed by atoms with Gasteiger partial charge in [0, 0.05) is 30.2 Å². The number of carbonyl (C=O) groups is 1. The van der Waals surface area contributed by atoms with Crippen LogP contribution in [0.4, 0.5) is 13.2 Å². The number of hydrogen-bond donors (Lipinski definition) is 1. The molecule has 1 N–H and O–H groups in total. The summed E-state index contributed by atoms with van der Waals surface area (Å²) in [7, 11) is 0. The number of nitrogens with one attached hydrogen (secondary N) is 1. The number of ether oxygens (including phenoxy) is 1. The molecule has 1 fully saturated rings. The van der Waals surface area contributed by atoms with Crippen molar-refractivity contribution in [3.05, 3.63) is 96.3 Å². The highest BCUT2D eigenvalue weighted by Crippen LogP contribution is 2.47. The molecule has 2 atom stereocenters. The molecule has 1 aliphatic rings. The van der Waals surface area contributed by atoms with Crippen LogP contribution in [0.2, 0.25) is 0 Å². The van der Waals surface area contributed by atoms with Gasteiger partial charge in [0.25, 0.3) is 0 Å². The van der Waals surface area contributed by atoms with Crippen LogP contribution in [0.1, 0.15) is 23.5 Å². The Balaban J connectivity index is 1.35. The van der Waals surface area contributed by atoms with E-state index in [1.807, 2.05) is 48.5 Å². The third-order valence-corrected chi connectivity index (χ3v) is 6.10. The molecule has 4 aromatic rings. The summed E-state index contributed by atoms with van der Waals surface area (Å²) in [6.45, 7) is 0.344. The van der Waals surface area contributed by atoms with Crippen molar-refractivity contribution in [2.75, 3.05) is 0 Å². The fourth-order valence-corrected chi connectivity index (χ4v) is 4.38. The van der Waals surface area contributed by atoms with Crippen molar-refractivity contribution in [2.45, 2.75) is 25.2 Å². The topological polar surface area (TPSA) is 51.2 Å². The molecule has 0 bridgehead atoms. The molecule has 1 heterocycles. The van der Waals surface area contributed by atoms with Gasteiger partial charge in [-0.3, -0.25) is 9.78 Å². The number of hydrogen-bond acceptors (Lipinski definition) is 3. The summed E-state index contributed by atoms with van der Waals surface area (Å²) < 4.78 is 42.0. The quantitative estimate of drug-likeness (QED) is 0.370. The molecule has 0 unspecified atom stereocenters. The molecule has 1 aromatic heterocycles. The first kappa shape index (κ1) is 21.9. The molecule has 1 saturated carbocycles. The van der Waals surface area contributed by atoms with E-state index >= 15 is 0 Å². The van der Waals surface area contributed by atoms with E-state index in [0.29, 0.717) is 12.1 Å². The SMILES string of the molecule is O=C(NCc1ccc(-c2cccc(OC(F)(F)F)c2)c2ccncc12)[C@@H]1C[C@H]1c1ccccc1. The highest BCUT2D eigenvalue weighted by molar-refractivity contribution is 5.98. The maximum Gasteiger partial charge on any atom is 0.573 e. The number of nitrogens with zero attached hydrogens (tertiary/aromatic N) is 1. The van der Waals surface area contributed by atoms with Crippen molar-refractivity contribution in [2.24, 2.45) is 5.92 Å². The molecule has 0 saturated heterocycles. The van der Waals surface area contributed by atoms with Gasteiger partial charge in [0.2, 0.25) is 5.91 Å². The Bertz CT molecular complexity index is 1340. The predicted octanol–water partition coefficient (Wildman–Crippen LogP) is 6.22. The smallest absolute Gasteiger partial charge is 0.406 e. The third-order valence-electron chi connectivity index (χ3n) is 6.10. The molecule has 0 radical (unpaired) electrons. The van der Waals surface area contributed by atoms with Crippen LogP contribution in [-0.2, 0) is 11.3 Å². The van der Waals surface area contributed by atoms with Gasteiger partial charge < -0.3 is 10.1 Å². The first-order valence-corrected chi connectivity index (χ1v) is 10.9. The zero-order valence-electron chi connectivity index (χ0n) is 18.0. The largest absolute Gasteiger partial charge is 0.573 e. The number of benzene rings is 3. The number of fused-ring (bicyclic) bond motifs is 1. The van der Waals surface area contributed by atoms with Gasteiger partial charge in [-0.15, -0.1) is 13.2 Å². The van der Waals surface area contributed by atoms with Crippen molar-refractivity contribution in [3.63, 3.8) is 0 Å². The summed E-state index contributed by atoms with van der Waals surface area (Å²) in [6.07, 6.45) is -0.569. The van der Waals surface area contributed by atoms with E-state index in [-0.39, 0.29) is 23.5 Å². The van der Waals surface area contributed by atoms with Crippen molar-refractivity contribution in [3.8, 4) is 16.9 Å². The predicted molar refractivity (Wildman–Crippen MR) is 123 cm³/mol. The molecule has 4 nitrogen and oxygen atoms in total. The van der Waals surface area contributed by atoms with Gasteiger partial charge in [0.05, 0.1) is 0 Å². The van der Waals surface area contributed by atoms with E-state index in [1.54, 1.807) is 18.5 Å². The Morgan fingerprint density at radius 3 is 2.62 bits per heavy atom. The minimum absolute atomic E-state index is 0.0203. The van der Waals surface area contributed by atoms with E-state index < -0.39 is 6.36 Å². The van der Waals surface area contributed by atoms with Gasteiger partial charge in [-0.05, 0) is 58.2 Å². The summed E-state index contributed by atoms with van der Waals surface area (Å²) in [5, 5.41) is 4.70. The summed E-state index contributed by atoms with van der Waals surface area (Å²) in [5.74, 6) is -0.0245. The Hall–Kier alpha value is -3.87. The van der Waals surface area contributed by atoms with Gasteiger partial charge in [-0.25, -0.2) is 0 Å². The number of rotatable bonds is 6. The zero-order valence-corrected chi connectivity index (χ0v) is 18.0. The summed E-state index contributed by atoms with van der Waals surface area (Å²) in [5.41, 5.74) is 3.42. The minimum Gasteiger partial charge on any atom is -0.406 e. The standard InChI is InChI=1S/C27H21F3N2O2/c28-27(29,30)34-20-8-4-7-18(13-20)21-10-9-19(25-16-31-12-11-22(21)25)15-32-26(33)24-14-23(24)17-5-2-1-3-6-17/h1-13,16,23-24H,14-15H2,(H,32,33)/t23-,24+/m0/s1. The van der Waals surface area contributed by atoms with Crippen LogP contribution in [0.3, 0.4) is 0 Å². The van der Waals surface area contributed by atoms with Crippen molar-refractivity contribution in [1.29, 1.82) is 0 Å². The Kier molecular flexibility index (Phi) is 5.69. The highest BCUT2D eigenvalue weighted by Gasteiger charge is 2.43. The molecule has 0 aliphatic heterocycles. The molecular weight excluding hydrogens is 441 g/mol.